The molecule has 0 aliphatic heterocycles. The van der Waals surface area contributed by atoms with Crippen LogP contribution in [0.25, 0.3) is 5.69 Å². The van der Waals surface area contributed by atoms with Gasteiger partial charge in [0.2, 0.25) is 5.16 Å². The van der Waals surface area contributed by atoms with Crippen molar-refractivity contribution in [3.8, 4) is 5.69 Å². The van der Waals surface area contributed by atoms with Gasteiger partial charge in [-0.15, -0.1) is 10.2 Å². The van der Waals surface area contributed by atoms with Crippen LogP contribution in [0.2, 0.25) is 0 Å². The molecule has 126 valence electrons. The molecule has 0 unspecified atom stereocenters. The first kappa shape index (κ1) is 15.5. The van der Waals surface area contributed by atoms with E-state index in [1.165, 1.54) is 11.8 Å². The van der Waals surface area contributed by atoms with Crippen LogP contribution in [-0.2, 0) is 6.54 Å². The minimum Gasteiger partial charge on any atom is -0.467 e. The van der Waals surface area contributed by atoms with Gasteiger partial charge in [0.1, 0.15) is 12.3 Å². The molecule has 0 saturated carbocycles. The van der Waals surface area contributed by atoms with Gasteiger partial charge in [-0.05, 0) is 52.0 Å². The molecule has 0 aliphatic carbocycles. The Morgan fingerprint density at radius 1 is 1.04 bits per heavy atom. The van der Waals surface area contributed by atoms with Crippen LogP contribution in [0, 0.1) is 0 Å². The van der Waals surface area contributed by atoms with Crippen molar-refractivity contribution >= 4 is 11.8 Å². The van der Waals surface area contributed by atoms with E-state index in [4.69, 9.17) is 4.42 Å². The lowest BCUT2D eigenvalue weighted by Gasteiger charge is -2.10. The lowest BCUT2D eigenvalue weighted by molar-refractivity contribution is 0.462. The van der Waals surface area contributed by atoms with Crippen molar-refractivity contribution in [1.29, 1.82) is 0 Å². The van der Waals surface area contributed by atoms with Crippen LogP contribution in [0.4, 0.5) is 0 Å². The average Bonchev–Trinajstić information content (AvgIpc) is 3.38. The fourth-order valence-electron chi connectivity index (χ4n) is 2.34. The predicted molar refractivity (Wildman–Crippen MR) is 89.1 cm³/mol. The molecule has 0 amide bonds. The van der Waals surface area contributed by atoms with Crippen LogP contribution in [0.5, 0.6) is 0 Å². The number of hydrogen-bond acceptors (Lipinski definition) is 8. The molecule has 10 heteroatoms. The number of nitrogens with zero attached hydrogens (tertiary/aromatic N) is 8. The molecule has 4 aromatic rings. The smallest absolute Gasteiger partial charge is 0.210 e. The summed E-state index contributed by atoms with van der Waals surface area (Å²) < 4.78 is 8.77. The largest absolute Gasteiger partial charge is 0.467 e. The second-order valence-electron chi connectivity index (χ2n) is 5.24. The SMILES string of the molecule is C[C@@H](Sc1nnnn1Cc1ccco1)c1nnnn1-c1ccccc1. The van der Waals surface area contributed by atoms with E-state index in [-0.39, 0.29) is 5.25 Å². The lowest BCUT2D eigenvalue weighted by atomic mass is 10.3. The molecule has 9 nitrogen and oxygen atoms in total. The topological polar surface area (TPSA) is 100 Å². The number of benzene rings is 1. The molecule has 0 bridgehead atoms. The zero-order valence-corrected chi connectivity index (χ0v) is 14.1. The first-order valence-corrected chi connectivity index (χ1v) is 8.48. The highest BCUT2D eigenvalue weighted by Crippen LogP contribution is 2.32. The van der Waals surface area contributed by atoms with Gasteiger partial charge < -0.3 is 4.42 Å². The molecule has 25 heavy (non-hydrogen) atoms. The van der Waals surface area contributed by atoms with E-state index in [9.17, 15) is 0 Å². The number of hydrogen-bond donors (Lipinski definition) is 0. The summed E-state index contributed by atoms with van der Waals surface area (Å²) in [7, 11) is 0. The number of tetrazole rings is 2. The van der Waals surface area contributed by atoms with Gasteiger partial charge in [-0.2, -0.15) is 4.68 Å². The molecule has 1 aromatic carbocycles. The highest BCUT2D eigenvalue weighted by Gasteiger charge is 2.20. The molecule has 3 aromatic heterocycles. The number of furan rings is 1. The monoisotopic (exact) mass is 354 g/mol. The van der Waals surface area contributed by atoms with E-state index in [2.05, 4.69) is 31.1 Å². The molecule has 0 aliphatic rings. The van der Waals surface area contributed by atoms with Crippen molar-refractivity contribution in [3.05, 3.63) is 60.3 Å². The summed E-state index contributed by atoms with van der Waals surface area (Å²) in [6.45, 7) is 2.49. The standard InChI is InChI=1S/C15H14N8OS/c1-11(14-16-18-21-23(14)12-6-3-2-4-7-12)25-15-17-19-20-22(15)10-13-8-5-9-24-13/h2-9,11H,10H2,1H3/t11-/m1/s1. The first-order chi connectivity index (χ1) is 12.3. The van der Waals surface area contributed by atoms with Crippen molar-refractivity contribution in [2.75, 3.05) is 0 Å². The molecule has 1 atom stereocenters. The highest BCUT2D eigenvalue weighted by atomic mass is 32.2. The van der Waals surface area contributed by atoms with E-state index in [0.29, 0.717) is 11.7 Å². The summed E-state index contributed by atoms with van der Waals surface area (Å²) in [5, 5.41) is 24.6. The van der Waals surface area contributed by atoms with Gasteiger partial charge in [0.15, 0.2) is 5.82 Å². The van der Waals surface area contributed by atoms with E-state index in [0.717, 1.165) is 17.3 Å². The molecular weight excluding hydrogens is 340 g/mol. The van der Waals surface area contributed by atoms with Crippen LogP contribution in [0.1, 0.15) is 23.8 Å². The molecule has 0 N–H and O–H groups in total. The van der Waals surface area contributed by atoms with Crippen molar-refractivity contribution in [2.45, 2.75) is 23.9 Å². The third kappa shape index (κ3) is 3.29. The zero-order valence-electron chi connectivity index (χ0n) is 13.3. The Morgan fingerprint density at radius 3 is 2.68 bits per heavy atom. The van der Waals surface area contributed by atoms with Crippen LogP contribution >= 0.6 is 11.8 Å². The lowest BCUT2D eigenvalue weighted by Crippen LogP contribution is -2.07. The molecule has 0 saturated heterocycles. The average molecular weight is 354 g/mol. The maximum absolute atomic E-state index is 5.35. The van der Waals surface area contributed by atoms with Gasteiger partial charge in [-0.1, -0.05) is 30.0 Å². The molecule has 0 spiro atoms. The highest BCUT2D eigenvalue weighted by molar-refractivity contribution is 7.99. The third-order valence-corrected chi connectivity index (χ3v) is 4.59. The fraction of sp³-hybridized carbons (Fsp3) is 0.200. The minimum absolute atomic E-state index is 0.0449. The first-order valence-electron chi connectivity index (χ1n) is 7.60. The second kappa shape index (κ2) is 6.85. The Labute approximate surface area is 147 Å². The van der Waals surface area contributed by atoms with Gasteiger partial charge in [0.25, 0.3) is 0 Å². The van der Waals surface area contributed by atoms with Gasteiger partial charge in [-0.3, -0.25) is 0 Å². The normalized spacial score (nSPS) is 12.4. The van der Waals surface area contributed by atoms with E-state index < -0.39 is 0 Å². The third-order valence-electron chi connectivity index (χ3n) is 3.52. The Hall–Kier alpha value is -3.01. The predicted octanol–water partition coefficient (Wildman–Crippen LogP) is 2.14. The van der Waals surface area contributed by atoms with E-state index in [1.54, 1.807) is 15.6 Å². The Bertz CT molecular complexity index is 934. The van der Waals surface area contributed by atoms with E-state index >= 15 is 0 Å². The molecule has 3 heterocycles. The van der Waals surface area contributed by atoms with Crippen LogP contribution in [0.15, 0.2) is 58.3 Å². The van der Waals surface area contributed by atoms with Crippen LogP contribution in [0.3, 0.4) is 0 Å². The van der Waals surface area contributed by atoms with Crippen LogP contribution in [-0.4, -0.2) is 40.4 Å². The Balaban J connectivity index is 1.55. The number of thioether (sulfide) groups is 1. The van der Waals surface area contributed by atoms with E-state index in [1.807, 2.05) is 49.4 Å². The van der Waals surface area contributed by atoms with Crippen molar-refractivity contribution in [3.63, 3.8) is 0 Å². The minimum atomic E-state index is -0.0449. The summed E-state index contributed by atoms with van der Waals surface area (Å²) in [4.78, 5) is 0. The summed E-state index contributed by atoms with van der Waals surface area (Å²) in [5.41, 5.74) is 0.908. The quantitative estimate of drug-likeness (QED) is 0.486. The summed E-state index contributed by atoms with van der Waals surface area (Å²) >= 11 is 1.49. The second-order valence-corrected chi connectivity index (χ2v) is 6.55. The van der Waals surface area contributed by atoms with Crippen molar-refractivity contribution in [1.82, 2.24) is 40.4 Å². The molecular formula is C15H14N8OS. The van der Waals surface area contributed by atoms with Gasteiger partial charge in [0, 0.05) is 0 Å². The molecule has 4 rings (SSSR count). The Morgan fingerprint density at radius 2 is 1.88 bits per heavy atom. The number of aromatic nitrogens is 8. The van der Waals surface area contributed by atoms with Crippen LogP contribution < -0.4 is 0 Å². The van der Waals surface area contributed by atoms with Gasteiger partial charge in [0.05, 0.1) is 17.2 Å². The fourth-order valence-corrected chi connectivity index (χ4v) is 3.22. The van der Waals surface area contributed by atoms with Gasteiger partial charge in [-0.25, -0.2) is 4.68 Å². The summed E-state index contributed by atoms with van der Waals surface area (Å²) in [6.07, 6.45) is 1.63. The van der Waals surface area contributed by atoms with Gasteiger partial charge >= 0.3 is 0 Å². The summed E-state index contributed by atoms with van der Waals surface area (Å²) in [5.74, 6) is 1.51. The Kier molecular flexibility index (Phi) is 4.25. The summed E-state index contributed by atoms with van der Waals surface area (Å²) in [6, 6.07) is 13.5. The van der Waals surface area contributed by atoms with Crippen molar-refractivity contribution in [2.24, 2.45) is 0 Å². The maximum Gasteiger partial charge on any atom is 0.210 e. The number of rotatable bonds is 6. The molecule has 0 fully saturated rings. The number of para-hydroxylation sites is 1. The maximum atomic E-state index is 5.35. The zero-order chi connectivity index (χ0) is 17.1. The van der Waals surface area contributed by atoms with Crippen molar-refractivity contribution < 1.29 is 4.42 Å². The molecule has 0 radical (unpaired) electrons.